The Balaban J connectivity index is 1.42. The number of likely N-dealkylation sites (tertiary alicyclic amines) is 1. The summed E-state index contributed by atoms with van der Waals surface area (Å²) >= 11 is 12.5. The lowest BCUT2D eigenvalue weighted by Gasteiger charge is -2.39. The average Bonchev–Trinajstić information content (AvgIpc) is 2.76. The van der Waals surface area contributed by atoms with Crippen molar-refractivity contribution >= 4 is 28.9 Å². The van der Waals surface area contributed by atoms with Gasteiger partial charge in [-0.1, -0.05) is 60.7 Å². The average molecular weight is 445 g/mol. The van der Waals surface area contributed by atoms with Crippen molar-refractivity contribution in [1.29, 1.82) is 0 Å². The number of piperidine rings is 1. The van der Waals surface area contributed by atoms with E-state index in [1.54, 1.807) is 0 Å². The highest BCUT2D eigenvalue weighted by atomic mass is 35.5. The molecule has 1 atom stereocenters. The second kappa shape index (κ2) is 9.94. The van der Waals surface area contributed by atoms with Crippen molar-refractivity contribution in [3.63, 3.8) is 0 Å². The van der Waals surface area contributed by atoms with Crippen molar-refractivity contribution in [2.75, 3.05) is 18.4 Å². The molecule has 2 aromatic rings. The van der Waals surface area contributed by atoms with Crippen LogP contribution in [-0.4, -0.2) is 24.0 Å². The van der Waals surface area contributed by atoms with Gasteiger partial charge in [0.05, 0.1) is 6.04 Å². The Morgan fingerprint density at radius 3 is 2.37 bits per heavy atom. The van der Waals surface area contributed by atoms with Gasteiger partial charge in [-0.3, -0.25) is 0 Å². The van der Waals surface area contributed by atoms with Crippen LogP contribution in [0, 0.1) is 6.92 Å². The summed E-state index contributed by atoms with van der Waals surface area (Å²) in [6.07, 6.45) is 9.66. The summed E-state index contributed by atoms with van der Waals surface area (Å²) in [6, 6.07) is 13.7. The minimum atomic E-state index is 0.122. The van der Waals surface area contributed by atoms with Crippen LogP contribution in [-0.2, 0) is 0 Å². The van der Waals surface area contributed by atoms with Crippen LogP contribution in [0.25, 0.3) is 0 Å². The molecule has 0 aromatic heterocycles. The van der Waals surface area contributed by atoms with E-state index in [4.69, 9.17) is 23.2 Å². The molecule has 30 heavy (non-hydrogen) atoms. The predicted molar refractivity (Wildman–Crippen MR) is 130 cm³/mol. The van der Waals surface area contributed by atoms with Gasteiger partial charge in [0, 0.05) is 21.8 Å². The lowest BCUT2D eigenvalue weighted by atomic mass is 9.86. The Hall–Kier alpha value is -1.22. The Morgan fingerprint density at radius 2 is 1.67 bits per heavy atom. The summed E-state index contributed by atoms with van der Waals surface area (Å²) in [4.78, 5) is 2.77. The van der Waals surface area contributed by atoms with E-state index in [-0.39, 0.29) is 6.04 Å². The highest BCUT2D eigenvalue weighted by molar-refractivity contribution is 6.35. The van der Waals surface area contributed by atoms with Gasteiger partial charge < -0.3 is 10.2 Å². The Labute approximate surface area is 192 Å². The van der Waals surface area contributed by atoms with Gasteiger partial charge in [-0.25, -0.2) is 0 Å². The smallest absolute Gasteiger partial charge is 0.0500 e. The molecule has 1 aliphatic carbocycles. The third-order valence-electron chi connectivity index (χ3n) is 7.15. The van der Waals surface area contributed by atoms with Gasteiger partial charge >= 0.3 is 0 Å². The van der Waals surface area contributed by atoms with Crippen molar-refractivity contribution in [2.24, 2.45) is 0 Å². The van der Waals surface area contributed by atoms with E-state index < -0.39 is 0 Å². The van der Waals surface area contributed by atoms with Crippen molar-refractivity contribution in [3.05, 3.63) is 63.1 Å². The quantitative estimate of drug-likeness (QED) is 0.502. The standard InChI is InChI=1S/C26H34Cl2N2/c1-18-8-9-21(20-12-14-30(15-13-20)23-6-4-3-5-7-23)16-26(18)29-19(2)24-11-10-22(27)17-25(24)28/h8-11,16-17,19-20,23,29H,3-7,12-15H2,1-2H3/t19-/m1/s1. The lowest BCUT2D eigenvalue weighted by molar-refractivity contribution is 0.122. The van der Waals surface area contributed by atoms with E-state index in [0.717, 1.165) is 11.6 Å². The van der Waals surface area contributed by atoms with E-state index in [1.807, 2.05) is 18.2 Å². The van der Waals surface area contributed by atoms with Crippen LogP contribution in [0.1, 0.15) is 80.5 Å². The number of rotatable bonds is 5. The molecule has 2 aromatic carbocycles. The molecule has 0 amide bonds. The number of halogens is 2. The van der Waals surface area contributed by atoms with Crippen molar-refractivity contribution in [2.45, 2.75) is 76.8 Å². The molecule has 1 saturated carbocycles. The first-order valence-corrected chi connectivity index (χ1v) is 12.3. The van der Waals surface area contributed by atoms with Crippen LogP contribution < -0.4 is 5.32 Å². The normalized spacial score (nSPS) is 20.3. The van der Waals surface area contributed by atoms with E-state index >= 15 is 0 Å². The number of benzene rings is 2. The first-order valence-electron chi connectivity index (χ1n) is 11.6. The third-order valence-corrected chi connectivity index (χ3v) is 7.72. The topological polar surface area (TPSA) is 15.3 Å². The molecular weight excluding hydrogens is 411 g/mol. The van der Waals surface area contributed by atoms with Gasteiger partial charge in [-0.05, 0) is 93.4 Å². The van der Waals surface area contributed by atoms with Crippen molar-refractivity contribution in [1.82, 2.24) is 4.90 Å². The number of hydrogen-bond donors (Lipinski definition) is 1. The number of hydrogen-bond acceptors (Lipinski definition) is 2. The summed E-state index contributed by atoms with van der Waals surface area (Å²) in [7, 11) is 0. The van der Waals surface area contributed by atoms with Crippen LogP contribution in [0.2, 0.25) is 10.0 Å². The molecule has 2 fully saturated rings. The molecule has 1 heterocycles. The molecule has 1 aliphatic heterocycles. The highest BCUT2D eigenvalue weighted by Gasteiger charge is 2.27. The molecule has 0 spiro atoms. The highest BCUT2D eigenvalue weighted by Crippen LogP contribution is 2.35. The fraction of sp³-hybridized carbons (Fsp3) is 0.538. The zero-order chi connectivity index (χ0) is 21.1. The van der Waals surface area contributed by atoms with Crippen LogP contribution in [0.5, 0.6) is 0 Å². The lowest BCUT2D eigenvalue weighted by Crippen LogP contribution is -2.41. The molecule has 4 heteroatoms. The van der Waals surface area contributed by atoms with Crippen LogP contribution in [0.15, 0.2) is 36.4 Å². The Kier molecular flexibility index (Phi) is 7.28. The predicted octanol–water partition coefficient (Wildman–Crippen LogP) is 7.99. The molecule has 0 bridgehead atoms. The molecule has 4 rings (SSSR count). The molecule has 1 saturated heterocycles. The zero-order valence-corrected chi connectivity index (χ0v) is 19.8. The van der Waals surface area contributed by atoms with Gasteiger partial charge in [0.25, 0.3) is 0 Å². The number of nitrogens with zero attached hydrogens (tertiary/aromatic N) is 1. The number of nitrogens with one attached hydrogen (secondary N) is 1. The molecular formula is C26H34Cl2N2. The van der Waals surface area contributed by atoms with Crippen molar-refractivity contribution in [3.8, 4) is 0 Å². The summed E-state index contributed by atoms with van der Waals surface area (Å²) in [5.41, 5.74) is 5.03. The van der Waals surface area contributed by atoms with Gasteiger partial charge in [0.1, 0.15) is 0 Å². The summed E-state index contributed by atoms with van der Waals surface area (Å²) < 4.78 is 0. The monoisotopic (exact) mass is 444 g/mol. The maximum Gasteiger partial charge on any atom is 0.0500 e. The zero-order valence-electron chi connectivity index (χ0n) is 18.3. The molecule has 0 radical (unpaired) electrons. The minimum Gasteiger partial charge on any atom is -0.378 e. The number of aryl methyl sites for hydroxylation is 1. The van der Waals surface area contributed by atoms with Crippen LogP contribution >= 0.6 is 23.2 Å². The summed E-state index contributed by atoms with van der Waals surface area (Å²) in [6.45, 7) is 6.84. The van der Waals surface area contributed by atoms with Gasteiger partial charge in [0.2, 0.25) is 0 Å². The molecule has 0 unspecified atom stereocenters. The largest absolute Gasteiger partial charge is 0.378 e. The fourth-order valence-electron chi connectivity index (χ4n) is 5.26. The third kappa shape index (κ3) is 5.15. The SMILES string of the molecule is Cc1ccc(C2CCN(C3CCCCC3)CC2)cc1N[C@H](C)c1ccc(Cl)cc1Cl. The van der Waals surface area contributed by atoms with E-state index in [1.165, 1.54) is 74.8 Å². The second-order valence-corrected chi connectivity index (χ2v) is 10.1. The first kappa shape index (κ1) is 22.0. The van der Waals surface area contributed by atoms with Gasteiger partial charge in [-0.15, -0.1) is 0 Å². The van der Waals surface area contributed by atoms with E-state index in [2.05, 4.69) is 42.3 Å². The van der Waals surface area contributed by atoms with Crippen molar-refractivity contribution < 1.29 is 0 Å². The molecule has 1 N–H and O–H groups in total. The molecule has 2 aliphatic rings. The molecule has 2 nitrogen and oxygen atoms in total. The van der Waals surface area contributed by atoms with Gasteiger partial charge in [-0.2, -0.15) is 0 Å². The maximum absolute atomic E-state index is 6.43. The van der Waals surface area contributed by atoms with Crippen LogP contribution in [0.4, 0.5) is 5.69 Å². The minimum absolute atomic E-state index is 0.122. The first-order chi connectivity index (χ1) is 14.5. The number of anilines is 1. The van der Waals surface area contributed by atoms with E-state index in [0.29, 0.717) is 16.0 Å². The summed E-state index contributed by atoms with van der Waals surface area (Å²) in [5.74, 6) is 0.667. The Morgan fingerprint density at radius 1 is 0.933 bits per heavy atom. The maximum atomic E-state index is 6.43. The Bertz CT molecular complexity index is 852. The van der Waals surface area contributed by atoms with Crippen LogP contribution in [0.3, 0.4) is 0 Å². The summed E-state index contributed by atoms with van der Waals surface area (Å²) in [5, 5.41) is 5.08. The second-order valence-electron chi connectivity index (χ2n) is 9.21. The fourth-order valence-corrected chi connectivity index (χ4v) is 5.83. The van der Waals surface area contributed by atoms with Gasteiger partial charge in [0.15, 0.2) is 0 Å². The van der Waals surface area contributed by atoms with E-state index in [9.17, 15) is 0 Å². The molecule has 162 valence electrons.